The zero-order valence-electron chi connectivity index (χ0n) is 16.0. The molecule has 1 fully saturated rings. The van der Waals surface area contributed by atoms with Gasteiger partial charge in [-0.15, -0.1) is 0 Å². The quantitative estimate of drug-likeness (QED) is 0.600. The molecule has 0 aliphatic carbocycles. The zero-order valence-corrected chi connectivity index (χ0v) is 16.0. The first-order chi connectivity index (χ1) is 14.6. The molecule has 8 nitrogen and oxygen atoms in total. The first-order valence-corrected chi connectivity index (χ1v) is 9.51. The van der Waals surface area contributed by atoms with Crippen molar-refractivity contribution in [2.24, 2.45) is 0 Å². The number of furan rings is 1. The van der Waals surface area contributed by atoms with Crippen LogP contribution in [0.3, 0.4) is 0 Å². The monoisotopic (exact) mass is 418 g/mol. The van der Waals surface area contributed by atoms with Crippen molar-refractivity contribution in [3.8, 4) is 17.1 Å². The molecule has 30 heavy (non-hydrogen) atoms. The van der Waals surface area contributed by atoms with Crippen LogP contribution in [0.4, 0.5) is 8.78 Å². The predicted molar refractivity (Wildman–Crippen MR) is 100 cm³/mol. The summed E-state index contributed by atoms with van der Waals surface area (Å²) in [6.07, 6.45) is 3.14. The lowest BCUT2D eigenvalue weighted by molar-refractivity contribution is -0.126. The van der Waals surface area contributed by atoms with Gasteiger partial charge in [-0.2, -0.15) is 13.8 Å². The van der Waals surface area contributed by atoms with Crippen LogP contribution >= 0.6 is 0 Å². The summed E-state index contributed by atoms with van der Waals surface area (Å²) in [5, 5.41) is 6.76. The van der Waals surface area contributed by atoms with Crippen LogP contribution in [0.15, 0.2) is 51.6 Å². The van der Waals surface area contributed by atoms with E-state index in [-0.39, 0.29) is 30.1 Å². The molecule has 2 aromatic heterocycles. The molecule has 1 saturated heterocycles. The van der Waals surface area contributed by atoms with E-state index in [4.69, 9.17) is 8.94 Å². The Morgan fingerprint density at radius 3 is 2.97 bits per heavy atom. The van der Waals surface area contributed by atoms with E-state index in [1.807, 2.05) is 4.90 Å². The maximum atomic E-state index is 12.6. The van der Waals surface area contributed by atoms with Crippen molar-refractivity contribution >= 4 is 5.91 Å². The number of likely N-dealkylation sites (tertiary alicyclic amines) is 1. The average molecular weight is 418 g/mol. The molecule has 3 aromatic rings. The van der Waals surface area contributed by atoms with E-state index >= 15 is 0 Å². The number of halogens is 2. The largest absolute Gasteiger partial charge is 0.467 e. The van der Waals surface area contributed by atoms with Gasteiger partial charge in [-0.05, 0) is 43.7 Å². The van der Waals surface area contributed by atoms with Gasteiger partial charge in [0.05, 0.1) is 31.0 Å². The minimum atomic E-state index is -2.96. The summed E-state index contributed by atoms with van der Waals surface area (Å²) in [6.45, 7) is -1.64. The van der Waals surface area contributed by atoms with Crippen molar-refractivity contribution in [3.05, 3.63) is 54.3 Å². The first-order valence-electron chi connectivity index (χ1n) is 9.51. The Labute approximate surface area is 170 Å². The third-order valence-corrected chi connectivity index (χ3v) is 4.83. The van der Waals surface area contributed by atoms with E-state index in [0.717, 1.165) is 12.8 Å². The molecule has 0 bridgehead atoms. The summed E-state index contributed by atoms with van der Waals surface area (Å²) in [5.74, 6) is 0.997. The van der Waals surface area contributed by atoms with Crippen LogP contribution in [0.2, 0.25) is 0 Å². The topological polar surface area (TPSA) is 93.6 Å². The minimum Gasteiger partial charge on any atom is -0.467 e. The highest BCUT2D eigenvalue weighted by Gasteiger charge is 2.32. The lowest BCUT2D eigenvalue weighted by Crippen LogP contribution is -2.42. The van der Waals surface area contributed by atoms with E-state index < -0.39 is 6.61 Å². The molecule has 1 aliphatic heterocycles. The maximum Gasteiger partial charge on any atom is 0.387 e. The van der Waals surface area contributed by atoms with E-state index in [1.165, 1.54) is 6.07 Å². The number of nitrogens with zero attached hydrogens (tertiary/aromatic N) is 3. The fourth-order valence-corrected chi connectivity index (χ4v) is 3.47. The number of carbonyl (C=O) groups excluding carboxylic acids is 1. The Morgan fingerprint density at radius 2 is 2.17 bits per heavy atom. The maximum absolute atomic E-state index is 12.6. The molecule has 10 heteroatoms. The Morgan fingerprint density at radius 1 is 1.30 bits per heavy atom. The van der Waals surface area contributed by atoms with Crippen LogP contribution < -0.4 is 10.1 Å². The molecule has 0 saturated carbocycles. The van der Waals surface area contributed by atoms with E-state index in [9.17, 15) is 13.6 Å². The molecule has 1 atom stereocenters. The molecule has 1 amide bonds. The van der Waals surface area contributed by atoms with Crippen LogP contribution in [-0.4, -0.2) is 40.1 Å². The van der Waals surface area contributed by atoms with Gasteiger partial charge in [-0.1, -0.05) is 17.3 Å². The number of hydrogen-bond acceptors (Lipinski definition) is 7. The molecule has 0 radical (unpaired) electrons. The highest BCUT2D eigenvalue weighted by atomic mass is 19.3. The number of amides is 1. The number of rotatable bonds is 8. The number of nitrogens with one attached hydrogen (secondary N) is 1. The Kier molecular flexibility index (Phi) is 6.03. The Balaban J connectivity index is 1.41. The summed E-state index contributed by atoms with van der Waals surface area (Å²) < 4.78 is 40.3. The van der Waals surface area contributed by atoms with Crippen molar-refractivity contribution < 1.29 is 27.3 Å². The summed E-state index contributed by atoms with van der Waals surface area (Å²) in [7, 11) is 0. The number of carbonyl (C=O) groups is 1. The molecule has 1 N–H and O–H groups in total. The highest BCUT2D eigenvalue weighted by Crippen LogP contribution is 2.29. The smallest absolute Gasteiger partial charge is 0.387 e. The fraction of sp³-hybridized carbons (Fsp3) is 0.350. The average Bonchev–Trinajstić information content (AvgIpc) is 3.49. The van der Waals surface area contributed by atoms with E-state index in [0.29, 0.717) is 30.3 Å². The summed E-state index contributed by atoms with van der Waals surface area (Å²) in [4.78, 5) is 18.8. The lowest BCUT2D eigenvalue weighted by Gasteiger charge is -2.21. The normalized spacial score (nSPS) is 16.8. The molecule has 0 spiro atoms. The number of para-hydroxylation sites is 1. The number of aromatic nitrogens is 2. The molecule has 158 valence electrons. The highest BCUT2D eigenvalue weighted by molar-refractivity contribution is 5.81. The van der Waals surface area contributed by atoms with Gasteiger partial charge < -0.3 is 19.0 Å². The van der Waals surface area contributed by atoms with Gasteiger partial charge >= 0.3 is 6.61 Å². The minimum absolute atomic E-state index is 0.0313. The molecule has 1 aromatic carbocycles. The number of benzene rings is 1. The van der Waals surface area contributed by atoms with Gasteiger partial charge in [0.2, 0.25) is 17.6 Å². The van der Waals surface area contributed by atoms with Crippen molar-refractivity contribution in [1.82, 2.24) is 20.4 Å². The van der Waals surface area contributed by atoms with Crippen molar-refractivity contribution in [2.75, 3.05) is 6.54 Å². The van der Waals surface area contributed by atoms with Crippen molar-refractivity contribution in [1.29, 1.82) is 0 Å². The van der Waals surface area contributed by atoms with Crippen molar-refractivity contribution in [3.63, 3.8) is 0 Å². The van der Waals surface area contributed by atoms with Gasteiger partial charge in [0, 0.05) is 0 Å². The van der Waals surface area contributed by atoms with Gasteiger partial charge in [-0.25, -0.2) is 0 Å². The predicted octanol–water partition coefficient (Wildman–Crippen LogP) is 3.21. The van der Waals surface area contributed by atoms with Gasteiger partial charge in [0.25, 0.3) is 0 Å². The molecule has 3 heterocycles. The zero-order chi connectivity index (χ0) is 20.9. The van der Waals surface area contributed by atoms with Crippen LogP contribution in [0, 0.1) is 0 Å². The third-order valence-electron chi connectivity index (χ3n) is 4.83. The molecule has 4 rings (SSSR count). The SMILES string of the molecule is O=C(NCc1ccco1)C1CCCN1Cc1nc(-c2ccccc2OC(F)F)no1. The standard InChI is InChI=1S/C20H20F2N4O4/c21-20(22)29-16-8-2-1-6-14(16)18-24-17(30-25-18)12-26-9-3-7-15(26)19(27)23-11-13-5-4-10-28-13/h1-2,4-6,8,10,15,20H,3,7,9,11-12H2,(H,23,27). The number of ether oxygens (including phenoxy) is 1. The second-order valence-electron chi connectivity index (χ2n) is 6.81. The van der Waals surface area contributed by atoms with Crippen LogP contribution in [0.5, 0.6) is 5.75 Å². The fourth-order valence-electron chi connectivity index (χ4n) is 3.47. The van der Waals surface area contributed by atoms with E-state index in [1.54, 1.807) is 36.6 Å². The van der Waals surface area contributed by atoms with Gasteiger partial charge in [0.1, 0.15) is 11.5 Å². The van der Waals surface area contributed by atoms with Crippen LogP contribution in [0.1, 0.15) is 24.5 Å². The lowest BCUT2D eigenvalue weighted by atomic mass is 10.2. The van der Waals surface area contributed by atoms with Crippen molar-refractivity contribution in [2.45, 2.75) is 38.6 Å². The van der Waals surface area contributed by atoms with Crippen LogP contribution in [0.25, 0.3) is 11.4 Å². The van der Waals surface area contributed by atoms with E-state index in [2.05, 4.69) is 20.2 Å². The Bertz CT molecular complexity index is 977. The second-order valence-corrected chi connectivity index (χ2v) is 6.81. The molecule has 1 aliphatic rings. The second kappa shape index (κ2) is 9.04. The molecule has 1 unspecified atom stereocenters. The van der Waals surface area contributed by atoms with Crippen LogP contribution in [-0.2, 0) is 17.9 Å². The summed E-state index contributed by atoms with van der Waals surface area (Å²) in [6, 6.07) is 9.49. The number of hydrogen-bond donors (Lipinski definition) is 1. The summed E-state index contributed by atoms with van der Waals surface area (Å²) in [5.41, 5.74) is 0.307. The van der Waals surface area contributed by atoms with Gasteiger partial charge in [-0.3, -0.25) is 9.69 Å². The molecular weight excluding hydrogens is 398 g/mol. The number of alkyl halides is 2. The molecular formula is C20H20F2N4O4. The third kappa shape index (κ3) is 4.65. The Hall–Kier alpha value is -3.27. The summed E-state index contributed by atoms with van der Waals surface area (Å²) >= 11 is 0. The van der Waals surface area contributed by atoms with Gasteiger partial charge in [0.15, 0.2) is 0 Å². The first kappa shape index (κ1) is 20.0.